The Morgan fingerprint density at radius 1 is 1.40 bits per heavy atom. The van der Waals surface area contributed by atoms with Crippen molar-refractivity contribution in [1.82, 2.24) is 4.90 Å². The van der Waals surface area contributed by atoms with Crippen molar-refractivity contribution in [2.45, 2.75) is 33.4 Å². The predicted molar refractivity (Wildman–Crippen MR) is 62.0 cm³/mol. The van der Waals surface area contributed by atoms with Crippen molar-refractivity contribution in [3.8, 4) is 0 Å². The van der Waals surface area contributed by atoms with Crippen molar-refractivity contribution in [3.63, 3.8) is 0 Å². The minimum atomic E-state index is -0.274. The molecule has 0 aliphatic carbocycles. The van der Waals surface area contributed by atoms with E-state index in [1.54, 1.807) is 6.07 Å². The van der Waals surface area contributed by atoms with E-state index in [4.69, 9.17) is 5.73 Å². The first-order chi connectivity index (χ1) is 7.04. The van der Waals surface area contributed by atoms with Gasteiger partial charge in [-0.25, -0.2) is 4.39 Å². The van der Waals surface area contributed by atoms with Crippen molar-refractivity contribution >= 4 is 5.69 Å². The van der Waals surface area contributed by atoms with Crippen molar-refractivity contribution in [1.29, 1.82) is 0 Å². The molecule has 0 amide bonds. The van der Waals surface area contributed by atoms with Gasteiger partial charge >= 0.3 is 0 Å². The number of anilines is 1. The summed E-state index contributed by atoms with van der Waals surface area (Å²) in [5.41, 5.74) is 7.29. The lowest BCUT2D eigenvalue weighted by Crippen LogP contribution is -2.30. The van der Waals surface area contributed by atoms with Gasteiger partial charge in [-0.1, -0.05) is 13.0 Å². The fourth-order valence-corrected chi connectivity index (χ4v) is 1.59. The van der Waals surface area contributed by atoms with E-state index in [-0.39, 0.29) is 5.82 Å². The van der Waals surface area contributed by atoms with Crippen LogP contribution in [0.25, 0.3) is 0 Å². The van der Waals surface area contributed by atoms with Gasteiger partial charge in [0, 0.05) is 18.3 Å². The molecule has 0 spiro atoms. The van der Waals surface area contributed by atoms with Gasteiger partial charge in [-0.3, -0.25) is 4.90 Å². The average Bonchev–Trinajstić information content (AvgIpc) is 2.16. The zero-order chi connectivity index (χ0) is 11.4. The standard InChI is InChI=1S/C12H19FN2/c1-4-15(9(2)3)8-10-5-6-11(13)7-12(10)14/h5-7,9H,4,8,14H2,1-3H3. The zero-order valence-electron chi connectivity index (χ0n) is 9.63. The van der Waals surface area contributed by atoms with Crippen LogP contribution in [-0.2, 0) is 6.54 Å². The van der Waals surface area contributed by atoms with E-state index in [1.807, 2.05) is 0 Å². The molecule has 1 aromatic carbocycles. The molecule has 0 saturated carbocycles. The van der Waals surface area contributed by atoms with Gasteiger partial charge < -0.3 is 5.73 Å². The summed E-state index contributed by atoms with van der Waals surface area (Å²) in [7, 11) is 0. The van der Waals surface area contributed by atoms with E-state index in [2.05, 4.69) is 25.7 Å². The third-order valence-corrected chi connectivity index (χ3v) is 2.62. The van der Waals surface area contributed by atoms with E-state index >= 15 is 0 Å². The molecule has 0 aromatic heterocycles. The van der Waals surface area contributed by atoms with Crippen LogP contribution in [0.3, 0.4) is 0 Å². The Bertz CT molecular complexity index is 323. The summed E-state index contributed by atoms with van der Waals surface area (Å²) in [4.78, 5) is 2.28. The fourth-order valence-electron chi connectivity index (χ4n) is 1.59. The number of rotatable bonds is 4. The largest absolute Gasteiger partial charge is 0.398 e. The number of halogens is 1. The highest BCUT2D eigenvalue weighted by Gasteiger charge is 2.09. The Balaban J connectivity index is 2.79. The van der Waals surface area contributed by atoms with Crippen LogP contribution in [0.5, 0.6) is 0 Å². The van der Waals surface area contributed by atoms with Gasteiger partial charge in [0.25, 0.3) is 0 Å². The van der Waals surface area contributed by atoms with E-state index < -0.39 is 0 Å². The molecule has 2 nitrogen and oxygen atoms in total. The van der Waals surface area contributed by atoms with Crippen LogP contribution in [0.2, 0.25) is 0 Å². The summed E-state index contributed by atoms with van der Waals surface area (Å²) in [5.74, 6) is -0.274. The first kappa shape index (κ1) is 12.0. The number of nitrogens with two attached hydrogens (primary N) is 1. The number of hydrogen-bond donors (Lipinski definition) is 1. The lowest BCUT2D eigenvalue weighted by Gasteiger charge is -2.25. The summed E-state index contributed by atoms with van der Waals surface area (Å²) < 4.78 is 12.8. The molecule has 1 rings (SSSR count). The lowest BCUT2D eigenvalue weighted by atomic mass is 10.1. The normalized spacial score (nSPS) is 11.3. The van der Waals surface area contributed by atoms with Gasteiger partial charge in [0.1, 0.15) is 5.82 Å². The molecule has 0 atom stereocenters. The molecule has 0 heterocycles. The number of benzene rings is 1. The van der Waals surface area contributed by atoms with Crippen LogP contribution in [-0.4, -0.2) is 17.5 Å². The smallest absolute Gasteiger partial charge is 0.125 e. The molecule has 0 unspecified atom stereocenters. The van der Waals surface area contributed by atoms with Crippen molar-refractivity contribution in [3.05, 3.63) is 29.6 Å². The molecule has 0 aliphatic heterocycles. The molecular formula is C12H19FN2. The van der Waals surface area contributed by atoms with Crippen LogP contribution in [0.1, 0.15) is 26.3 Å². The summed E-state index contributed by atoms with van der Waals surface area (Å²) in [6, 6.07) is 5.07. The third-order valence-electron chi connectivity index (χ3n) is 2.62. The molecule has 0 radical (unpaired) electrons. The highest BCUT2D eigenvalue weighted by atomic mass is 19.1. The molecule has 84 valence electrons. The van der Waals surface area contributed by atoms with Gasteiger partial charge in [0.05, 0.1) is 0 Å². The first-order valence-corrected chi connectivity index (χ1v) is 5.32. The van der Waals surface area contributed by atoms with Gasteiger partial charge in [-0.05, 0) is 38.1 Å². The average molecular weight is 210 g/mol. The number of nitrogen functional groups attached to an aromatic ring is 1. The molecule has 0 saturated heterocycles. The van der Waals surface area contributed by atoms with Crippen molar-refractivity contribution in [2.75, 3.05) is 12.3 Å². The molecule has 3 heteroatoms. The Kier molecular flexibility index (Phi) is 4.09. The molecular weight excluding hydrogens is 191 g/mol. The van der Waals surface area contributed by atoms with E-state index in [1.165, 1.54) is 12.1 Å². The van der Waals surface area contributed by atoms with Crippen LogP contribution >= 0.6 is 0 Å². The second-order valence-electron chi connectivity index (χ2n) is 4.00. The van der Waals surface area contributed by atoms with Gasteiger partial charge in [-0.15, -0.1) is 0 Å². The van der Waals surface area contributed by atoms with Crippen molar-refractivity contribution < 1.29 is 4.39 Å². The fraction of sp³-hybridized carbons (Fsp3) is 0.500. The quantitative estimate of drug-likeness (QED) is 0.774. The first-order valence-electron chi connectivity index (χ1n) is 5.32. The second-order valence-corrected chi connectivity index (χ2v) is 4.00. The third kappa shape index (κ3) is 3.20. The molecule has 0 fully saturated rings. The highest BCUT2D eigenvalue weighted by Crippen LogP contribution is 2.16. The highest BCUT2D eigenvalue weighted by molar-refractivity contribution is 5.46. The van der Waals surface area contributed by atoms with E-state index in [0.717, 1.165) is 18.7 Å². The Morgan fingerprint density at radius 2 is 2.07 bits per heavy atom. The summed E-state index contributed by atoms with van der Waals surface area (Å²) in [6.45, 7) is 8.14. The molecule has 0 bridgehead atoms. The Labute approximate surface area is 90.9 Å². The van der Waals surface area contributed by atoms with E-state index in [0.29, 0.717) is 11.7 Å². The summed E-state index contributed by atoms with van der Waals surface area (Å²) in [5, 5.41) is 0. The molecule has 0 aliphatic rings. The summed E-state index contributed by atoms with van der Waals surface area (Å²) in [6.07, 6.45) is 0. The zero-order valence-corrected chi connectivity index (χ0v) is 9.63. The van der Waals surface area contributed by atoms with Gasteiger partial charge in [0.2, 0.25) is 0 Å². The van der Waals surface area contributed by atoms with Crippen LogP contribution in [0, 0.1) is 5.82 Å². The maximum atomic E-state index is 12.8. The number of nitrogens with zero attached hydrogens (tertiary/aromatic N) is 1. The van der Waals surface area contributed by atoms with Gasteiger partial charge in [0.15, 0.2) is 0 Å². The number of hydrogen-bond acceptors (Lipinski definition) is 2. The summed E-state index contributed by atoms with van der Waals surface area (Å²) >= 11 is 0. The van der Waals surface area contributed by atoms with E-state index in [9.17, 15) is 4.39 Å². The SMILES string of the molecule is CCN(Cc1ccc(F)cc1N)C(C)C. The lowest BCUT2D eigenvalue weighted by molar-refractivity contribution is 0.225. The Hall–Kier alpha value is -1.09. The van der Waals surface area contributed by atoms with Crippen LogP contribution in [0.4, 0.5) is 10.1 Å². The monoisotopic (exact) mass is 210 g/mol. The predicted octanol–water partition coefficient (Wildman–Crippen LogP) is 2.64. The molecule has 15 heavy (non-hydrogen) atoms. The van der Waals surface area contributed by atoms with Gasteiger partial charge in [-0.2, -0.15) is 0 Å². The second kappa shape index (κ2) is 5.12. The maximum absolute atomic E-state index is 12.8. The molecule has 1 aromatic rings. The van der Waals surface area contributed by atoms with Crippen LogP contribution < -0.4 is 5.73 Å². The van der Waals surface area contributed by atoms with Crippen LogP contribution in [0.15, 0.2) is 18.2 Å². The molecule has 2 N–H and O–H groups in total. The Morgan fingerprint density at radius 3 is 2.53 bits per heavy atom. The maximum Gasteiger partial charge on any atom is 0.125 e. The minimum absolute atomic E-state index is 0.274. The minimum Gasteiger partial charge on any atom is -0.398 e. The van der Waals surface area contributed by atoms with Crippen molar-refractivity contribution in [2.24, 2.45) is 0 Å². The topological polar surface area (TPSA) is 29.3 Å².